The molecular formula is C20H18ClF3N6O. The minimum Gasteiger partial charge on any atom is -0.353 e. The van der Waals surface area contributed by atoms with Crippen molar-refractivity contribution in [3.8, 4) is 5.69 Å². The van der Waals surface area contributed by atoms with Crippen LogP contribution in [0.1, 0.15) is 22.0 Å². The average Bonchev–Trinajstić information content (AvgIpc) is 3.15. The molecule has 4 rings (SSSR count). The monoisotopic (exact) mass is 450 g/mol. The third-order valence-electron chi connectivity index (χ3n) is 5.00. The molecule has 1 aliphatic rings. The molecule has 1 aliphatic heterocycles. The van der Waals surface area contributed by atoms with Crippen molar-refractivity contribution in [1.82, 2.24) is 24.6 Å². The maximum absolute atomic E-state index is 12.9. The minimum absolute atomic E-state index is 0.0913. The second-order valence-corrected chi connectivity index (χ2v) is 7.49. The molecule has 1 amide bonds. The van der Waals surface area contributed by atoms with Gasteiger partial charge >= 0.3 is 6.18 Å². The van der Waals surface area contributed by atoms with Gasteiger partial charge in [0.15, 0.2) is 0 Å². The van der Waals surface area contributed by atoms with Crippen LogP contribution in [0.5, 0.6) is 0 Å². The third kappa shape index (κ3) is 4.48. The highest BCUT2D eigenvalue weighted by Gasteiger charge is 2.31. The van der Waals surface area contributed by atoms with Crippen LogP contribution in [-0.4, -0.2) is 56.7 Å². The molecule has 7 nitrogen and oxygen atoms in total. The standard InChI is InChI=1S/C20H18ClF3N6O/c1-13-26-18(27-30(13)16-5-3-15(21)4-6-16)19(31)29-10-8-28(9-11-29)17-7-2-14(12-25-17)20(22,23)24/h2-7,12H,8-11H2,1H3. The number of carbonyl (C=O) groups excluding carboxylic acids is 1. The van der Waals surface area contributed by atoms with E-state index in [0.29, 0.717) is 42.8 Å². The van der Waals surface area contributed by atoms with Gasteiger partial charge in [0.2, 0.25) is 5.82 Å². The van der Waals surface area contributed by atoms with E-state index < -0.39 is 11.7 Å². The zero-order valence-electron chi connectivity index (χ0n) is 16.5. The summed E-state index contributed by atoms with van der Waals surface area (Å²) in [5.74, 6) is 0.809. The zero-order valence-corrected chi connectivity index (χ0v) is 17.2. The quantitative estimate of drug-likeness (QED) is 0.610. The van der Waals surface area contributed by atoms with Gasteiger partial charge in [0, 0.05) is 37.4 Å². The number of pyridine rings is 1. The van der Waals surface area contributed by atoms with Crippen molar-refractivity contribution in [2.75, 3.05) is 31.1 Å². The van der Waals surface area contributed by atoms with Gasteiger partial charge in [0.05, 0.1) is 11.3 Å². The number of halogens is 4. The topological polar surface area (TPSA) is 67.2 Å². The molecule has 0 unspecified atom stereocenters. The van der Waals surface area contributed by atoms with Gasteiger partial charge in [-0.2, -0.15) is 13.2 Å². The van der Waals surface area contributed by atoms with E-state index in [9.17, 15) is 18.0 Å². The molecule has 0 aliphatic carbocycles. The normalized spacial score (nSPS) is 14.7. The molecule has 0 saturated carbocycles. The van der Waals surface area contributed by atoms with Crippen LogP contribution in [0, 0.1) is 6.92 Å². The van der Waals surface area contributed by atoms with E-state index in [2.05, 4.69) is 15.1 Å². The number of amides is 1. The molecule has 1 fully saturated rings. The number of alkyl halides is 3. The molecule has 0 bridgehead atoms. The summed E-state index contributed by atoms with van der Waals surface area (Å²) in [6, 6.07) is 9.39. The van der Waals surface area contributed by atoms with Gasteiger partial charge in [-0.3, -0.25) is 4.79 Å². The fourth-order valence-electron chi connectivity index (χ4n) is 3.33. The highest BCUT2D eigenvalue weighted by Crippen LogP contribution is 2.29. The number of rotatable bonds is 3. The first-order valence-electron chi connectivity index (χ1n) is 9.49. The van der Waals surface area contributed by atoms with Crippen LogP contribution in [0.15, 0.2) is 42.6 Å². The average molecular weight is 451 g/mol. The molecule has 0 spiro atoms. The molecule has 0 N–H and O–H groups in total. The van der Waals surface area contributed by atoms with Crippen LogP contribution >= 0.6 is 11.6 Å². The predicted octanol–water partition coefficient (Wildman–Crippen LogP) is 3.61. The lowest BCUT2D eigenvalue weighted by atomic mass is 10.2. The van der Waals surface area contributed by atoms with Gasteiger partial charge in [0.25, 0.3) is 5.91 Å². The van der Waals surface area contributed by atoms with Crippen LogP contribution < -0.4 is 4.90 Å². The third-order valence-corrected chi connectivity index (χ3v) is 5.25. The van der Waals surface area contributed by atoms with Crippen molar-refractivity contribution in [2.45, 2.75) is 13.1 Å². The number of hydrogen-bond acceptors (Lipinski definition) is 5. The van der Waals surface area contributed by atoms with Gasteiger partial charge in [-0.05, 0) is 43.3 Å². The Kier molecular flexibility index (Phi) is 5.57. The molecule has 2 aromatic heterocycles. The van der Waals surface area contributed by atoms with E-state index >= 15 is 0 Å². The van der Waals surface area contributed by atoms with Crippen molar-refractivity contribution in [3.05, 3.63) is 64.8 Å². The smallest absolute Gasteiger partial charge is 0.353 e. The number of nitrogens with zero attached hydrogens (tertiary/aromatic N) is 6. The number of aryl methyl sites for hydroxylation is 1. The molecule has 11 heteroatoms. The van der Waals surface area contributed by atoms with Crippen molar-refractivity contribution in [2.24, 2.45) is 0 Å². The zero-order chi connectivity index (χ0) is 22.2. The predicted molar refractivity (Wildman–Crippen MR) is 108 cm³/mol. The number of anilines is 1. The molecule has 1 aromatic carbocycles. The number of carbonyl (C=O) groups is 1. The van der Waals surface area contributed by atoms with Crippen molar-refractivity contribution in [1.29, 1.82) is 0 Å². The Morgan fingerprint density at radius 3 is 2.29 bits per heavy atom. The molecule has 0 radical (unpaired) electrons. The van der Waals surface area contributed by atoms with Crippen molar-refractivity contribution in [3.63, 3.8) is 0 Å². The summed E-state index contributed by atoms with van der Waals surface area (Å²) in [6.45, 7) is 3.42. The summed E-state index contributed by atoms with van der Waals surface area (Å²) in [6.07, 6.45) is -3.60. The van der Waals surface area contributed by atoms with E-state index in [1.807, 2.05) is 4.90 Å². The molecule has 3 heterocycles. The minimum atomic E-state index is -4.42. The maximum Gasteiger partial charge on any atom is 0.417 e. The highest BCUT2D eigenvalue weighted by molar-refractivity contribution is 6.30. The van der Waals surface area contributed by atoms with Crippen LogP contribution in [0.2, 0.25) is 5.02 Å². The Labute approximate surface area is 181 Å². The SMILES string of the molecule is Cc1nc(C(=O)N2CCN(c3ccc(C(F)(F)F)cn3)CC2)nn1-c1ccc(Cl)cc1. The van der Waals surface area contributed by atoms with Crippen molar-refractivity contribution >= 4 is 23.3 Å². The Morgan fingerprint density at radius 1 is 1.03 bits per heavy atom. The number of benzene rings is 1. The Bertz CT molecular complexity index is 1070. The van der Waals surface area contributed by atoms with Gasteiger partial charge in [-0.15, -0.1) is 5.10 Å². The van der Waals surface area contributed by atoms with E-state index in [1.165, 1.54) is 6.07 Å². The fraction of sp³-hybridized carbons (Fsp3) is 0.300. The van der Waals surface area contributed by atoms with E-state index in [4.69, 9.17) is 11.6 Å². The first kappa shape index (κ1) is 21.1. The Balaban J connectivity index is 1.42. The Hall–Kier alpha value is -3.14. The fourth-order valence-corrected chi connectivity index (χ4v) is 3.45. The highest BCUT2D eigenvalue weighted by atomic mass is 35.5. The molecule has 0 atom stereocenters. The summed E-state index contributed by atoms with van der Waals surface area (Å²) in [5, 5.41) is 4.93. The van der Waals surface area contributed by atoms with E-state index in [0.717, 1.165) is 18.0 Å². The number of piperazine rings is 1. The number of aromatic nitrogens is 4. The van der Waals surface area contributed by atoms with Gasteiger partial charge in [-0.25, -0.2) is 14.6 Å². The summed E-state index contributed by atoms with van der Waals surface area (Å²) in [4.78, 5) is 24.5. The summed E-state index contributed by atoms with van der Waals surface area (Å²) in [7, 11) is 0. The van der Waals surface area contributed by atoms with Gasteiger partial charge in [0.1, 0.15) is 11.6 Å². The first-order valence-corrected chi connectivity index (χ1v) is 9.87. The lowest BCUT2D eigenvalue weighted by Gasteiger charge is -2.34. The number of hydrogen-bond donors (Lipinski definition) is 0. The molecule has 3 aromatic rings. The lowest BCUT2D eigenvalue weighted by molar-refractivity contribution is -0.137. The van der Waals surface area contributed by atoms with E-state index in [1.54, 1.807) is 40.8 Å². The molecule has 162 valence electrons. The summed E-state index contributed by atoms with van der Waals surface area (Å²) >= 11 is 5.92. The largest absolute Gasteiger partial charge is 0.417 e. The van der Waals surface area contributed by atoms with Crippen LogP contribution in [0.3, 0.4) is 0 Å². The summed E-state index contributed by atoms with van der Waals surface area (Å²) < 4.78 is 39.7. The van der Waals surface area contributed by atoms with Crippen LogP contribution in [0.4, 0.5) is 19.0 Å². The van der Waals surface area contributed by atoms with E-state index in [-0.39, 0.29) is 11.7 Å². The Morgan fingerprint density at radius 2 is 1.71 bits per heavy atom. The van der Waals surface area contributed by atoms with Gasteiger partial charge < -0.3 is 9.80 Å². The van der Waals surface area contributed by atoms with Crippen molar-refractivity contribution < 1.29 is 18.0 Å². The molecular weight excluding hydrogens is 433 g/mol. The molecule has 1 saturated heterocycles. The van der Waals surface area contributed by atoms with Crippen LogP contribution in [-0.2, 0) is 6.18 Å². The second-order valence-electron chi connectivity index (χ2n) is 7.05. The molecule has 31 heavy (non-hydrogen) atoms. The summed E-state index contributed by atoms with van der Waals surface area (Å²) in [5.41, 5.74) is -0.0468. The van der Waals surface area contributed by atoms with Crippen LogP contribution in [0.25, 0.3) is 5.69 Å². The maximum atomic E-state index is 12.9. The van der Waals surface area contributed by atoms with Gasteiger partial charge in [-0.1, -0.05) is 11.6 Å². The first-order chi connectivity index (χ1) is 14.7. The second kappa shape index (κ2) is 8.18. The lowest BCUT2D eigenvalue weighted by Crippen LogP contribution is -2.49.